The number of likely N-dealkylation sites (tertiary alicyclic amines) is 1. The first kappa shape index (κ1) is 18.3. The number of nitrogens with one attached hydrogen (secondary N) is 1. The highest BCUT2D eigenvalue weighted by molar-refractivity contribution is 14.1. The van der Waals surface area contributed by atoms with E-state index in [0.717, 1.165) is 44.2 Å². The molecule has 1 N–H and O–H groups in total. The fourth-order valence-electron chi connectivity index (χ4n) is 2.57. The average molecular weight is 431 g/mol. The van der Waals surface area contributed by atoms with Gasteiger partial charge in [0.15, 0.2) is 5.96 Å². The highest BCUT2D eigenvalue weighted by atomic mass is 127. The number of nitrogens with zero attached hydrogens (tertiary/aromatic N) is 2. The molecule has 0 unspecified atom stereocenters. The Labute approximate surface area is 152 Å². The highest BCUT2D eigenvalue weighted by Crippen LogP contribution is 2.24. The molecule has 2 rings (SSSR count). The van der Waals surface area contributed by atoms with Gasteiger partial charge in [0.05, 0.1) is 16.7 Å². The fraction of sp³-hybridized carbons (Fsp3) is 0.588. The smallest absolute Gasteiger partial charge is 0.193 e. The Morgan fingerprint density at radius 3 is 2.74 bits per heavy atom. The number of benzene rings is 1. The van der Waals surface area contributed by atoms with Crippen molar-refractivity contribution in [2.24, 2.45) is 4.99 Å². The molecule has 0 spiro atoms. The van der Waals surface area contributed by atoms with Crippen molar-refractivity contribution in [1.82, 2.24) is 10.2 Å². The van der Waals surface area contributed by atoms with Crippen LogP contribution in [0.2, 0.25) is 0 Å². The van der Waals surface area contributed by atoms with E-state index >= 15 is 0 Å². The molecule has 1 saturated heterocycles. The number of guanidine groups is 1. The maximum atomic E-state index is 6.16. The molecule has 1 aliphatic rings. The molecule has 0 bridgehead atoms. The van der Waals surface area contributed by atoms with Crippen LogP contribution in [0.5, 0.6) is 5.75 Å². The minimum absolute atomic E-state index is 0.281. The van der Waals surface area contributed by atoms with Crippen LogP contribution in [0.25, 0.3) is 0 Å². The van der Waals surface area contributed by atoms with Crippen LogP contribution in [-0.2, 0) is 4.74 Å². The van der Waals surface area contributed by atoms with Crippen LogP contribution in [0.15, 0.2) is 29.3 Å². The van der Waals surface area contributed by atoms with Gasteiger partial charge < -0.3 is 19.7 Å². The van der Waals surface area contributed by atoms with Crippen LogP contribution in [0.1, 0.15) is 19.8 Å². The van der Waals surface area contributed by atoms with Crippen molar-refractivity contribution in [1.29, 1.82) is 0 Å². The number of hydrogen-bond donors (Lipinski definition) is 1. The summed E-state index contributed by atoms with van der Waals surface area (Å²) < 4.78 is 12.4. The highest BCUT2D eigenvalue weighted by Gasteiger charge is 2.23. The lowest BCUT2D eigenvalue weighted by atomic mass is 10.1. The monoisotopic (exact) mass is 431 g/mol. The number of rotatable bonds is 6. The molecule has 0 saturated carbocycles. The van der Waals surface area contributed by atoms with Crippen LogP contribution < -0.4 is 10.1 Å². The van der Waals surface area contributed by atoms with Gasteiger partial charge in [0.1, 0.15) is 11.9 Å². The first-order chi connectivity index (χ1) is 11.2. The molecule has 0 amide bonds. The third-order valence-electron chi connectivity index (χ3n) is 3.76. The van der Waals surface area contributed by atoms with Crippen molar-refractivity contribution in [3.05, 3.63) is 27.8 Å². The quantitative estimate of drug-likeness (QED) is 0.326. The number of aliphatic imine (C=N–C) groups is 1. The van der Waals surface area contributed by atoms with Crippen molar-refractivity contribution < 1.29 is 9.47 Å². The average Bonchev–Trinajstić information content (AvgIpc) is 2.57. The first-order valence-corrected chi connectivity index (χ1v) is 9.25. The third kappa shape index (κ3) is 5.84. The van der Waals surface area contributed by atoms with E-state index in [1.165, 1.54) is 3.57 Å². The molecule has 5 nitrogen and oxygen atoms in total. The summed E-state index contributed by atoms with van der Waals surface area (Å²) in [6.07, 6.45) is 2.31. The van der Waals surface area contributed by atoms with E-state index in [4.69, 9.17) is 9.47 Å². The van der Waals surface area contributed by atoms with Crippen LogP contribution in [0.3, 0.4) is 0 Å². The van der Waals surface area contributed by atoms with E-state index in [2.05, 4.69) is 50.8 Å². The number of hydrogen-bond acceptors (Lipinski definition) is 3. The largest absolute Gasteiger partial charge is 0.489 e. The lowest BCUT2D eigenvalue weighted by Gasteiger charge is -2.34. The predicted octanol–water partition coefficient (Wildman–Crippen LogP) is 2.75. The van der Waals surface area contributed by atoms with E-state index in [1.807, 2.05) is 18.2 Å². The molecule has 0 radical (unpaired) electrons. The molecular formula is C17H26IN3O2. The van der Waals surface area contributed by atoms with Crippen molar-refractivity contribution in [2.45, 2.75) is 25.9 Å². The SMILES string of the molecule is CCNC(=NCCOC)N1CCC(Oc2ccccc2I)CC1. The van der Waals surface area contributed by atoms with Gasteiger partial charge in [-0.1, -0.05) is 12.1 Å². The molecule has 0 aromatic heterocycles. The van der Waals surface area contributed by atoms with E-state index in [9.17, 15) is 0 Å². The second-order valence-electron chi connectivity index (χ2n) is 5.46. The lowest BCUT2D eigenvalue weighted by Crippen LogP contribution is -2.47. The van der Waals surface area contributed by atoms with Gasteiger partial charge in [0.2, 0.25) is 0 Å². The van der Waals surface area contributed by atoms with E-state index in [1.54, 1.807) is 7.11 Å². The van der Waals surface area contributed by atoms with Crippen LogP contribution in [0.4, 0.5) is 0 Å². The standard InChI is InChI=1S/C17H26IN3O2/c1-3-19-17(20-10-13-22-2)21-11-8-14(9-12-21)23-16-7-5-4-6-15(16)18/h4-7,14H,3,8-13H2,1-2H3,(H,19,20). The Bertz CT molecular complexity index is 502. The lowest BCUT2D eigenvalue weighted by molar-refractivity contribution is 0.128. The molecular weight excluding hydrogens is 405 g/mol. The summed E-state index contributed by atoms with van der Waals surface area (Å²) in [7, 11) is 1.70. The van der Waals surface area contributed by atoms with Crippen LogP contribution >= 0.6 is 22.6 Å². The van der Waals surface area contributed by atoms with Gasteiger partial charge >= 0.3 is 0 Å². The summed E-state index contributed by atoms with van der Waals surface area (Å²) in [6.45, 7) is 6.25. The van der Waals surface area contributed by atoms with E-state index in [0.29, 0.717) is 13.2 Å². The Kier molecular flexibility index (Phi) is 7.94. The Hall–Kier alpha value is -1.02. The number of para-hydroxylation sites is 1. The van der Waals surface area contributed by atoms with Gasteiger partial charge in [0.25, 0.3) is 0 Å². The normalized spacial score (nSPS) is 16.5. The Morgan fingerprint density at radius 2 is 2.09 bits per heavy atom. The summed E-state index contributed by atoms with van der Waals surface area (Å²) in [6, 6.07) is 8.19. The second kappa shape index (κ2) is 9.97. The summed E-state index contributed by atoms with van der Waals surface area (Å²) in [4.78, 5) is 6.93. The zero-order valence-corrected chi connectivity index (χ0v) is 16.1. The number of ether oxygens (including phenoxy) is 2. The molecule has 128 valence electrons. The molecule has 1 fully saturated rings. The minimum Gasteiger partial charge on any atom is -0.489 e. The van der Waals surface area contributed by atoms with Crippen LogP contribution in [-0.4, -0.2) is 56.9 Å². The Morgan fingerprint density at radius 1 is 1.35 bits per heavy atom. The fourth-order valence-corrected chi connectivity index (χ4v) is 3.09. The summed E-state index contributed by atoms with van der Waals surface area (Å²) in [5.74, 6) is 1.98. The van der Waals surface area contributed by atoms with Gasteiger partial charge in [-0.25, -0.2) is 0 Å². The zero-order chi connectivity index (χ0) is 16.5. The van der Waals surface area contributed by atoms with Crippen molar-refractivity contribution >= 4 is 28.6 Å². The van der Waals surface area contributed by atoms with Gasteiger partial charge in [0, 0.05) is 39.6 Å². The van der Waals surface area contributed by atoms with Crippen LogP contribution in [0, 0.1) is 3.57 Å². The molecule has 23 heavy (non-hydrogen) atoms. The second-order valence-corrected chi connectivity index (χ2v) is 6.63. The molecule has 1 heterocycles. The molecule has 1 aliphatic heterocycles. The van der Waals surface area contributed by atoms with Gasteiger partial charge in [-0.15, -0.1) is 0 Å². The number of methoxy groups -OCH3 is 1. The molecule has 6 heteroatoms. The zero-order valence-electron chi connectivity index (χ0n) is 13.9. The first-order valence-electron chi connectivity index (χ1n) is 8.18. The Balaban J connectivity index is 1.86. The van der Waals surface area contributed by atoms with Crippen molar-refractivity contribution in [3.8, 4) is 5.75 Å². The third-order valence-corrected chi connectivity index (χ3v) is 4.65. The van der Waals surface area contributed by atoms with Gasteiger partial charge in [-0.05, 0) is 41.6 Å². The van der Waals surface area contributed by atoms with E-state index in [-0.39, 0.29) is 6.10 Å². The molecule has 0 aliphatic carbocycles. The maximum Gasteiger partial charge on any atom is 0.193 e. The number of piperidine rings is 1. The summed E-state index contributed by atoms with van der Waals surface area (Å²) in [5.41, 5.74) is 0. The topological polar surface area (TPSA) is 46.1 Å². The predicted molar refractivity (Wildman–Crippen MR) is 102 cm³/mol. The molecule has 1 aromatic carbocycles. The number of halogens is 1. The van der Waals surface area contributed by atoms with Crippen molar-refractivity contribution in [3.63, 3.8) is 0 Å². The van der Waals surface area contributed by atoms with Gasteiger partial charge in [-0.3, -0.25) is 4.99 Å². The van der Waals surface area contributed by atoms with Gasteiger partial charge in [-0.2, -0.15) is 0 Å². The molecule has 1 aromatic rings. The molecule has 0 atom stereocenters. The van der Waals surface area contributed by atoms with Crippen molar-refractivity contribution in [2.75, 3.05) is 39.9 Å². The summed E-state index contributed by atoms with van der Waals surface area (Å²) in [5, 5.41) is 3.36. The summed E-state index contributed by atoms with van der Waals surface area (Å²) >= 11 is 2.32. The minimum atomic E-state index is 0.281. The maximum absolute atomic E-state index is 6.16. The van der Waals surface area contributed by atoms with E-state index < -0.39 is 0 Å².